The van der Waals surface area contributed by atoms with Crippen molar-refractivity contribution in [2.45, 2.75) is 26.2 Å². The second-order valence-corrected chi connectivity index (χ2v) is 6.07. The number of nitrogens with one attached hydrogen (secondary N) is 1. The number of likely N-dealkylation sites (tertiary alicyclic amines) is 1. The number of hydrogen-bond acceptors (Lipinski definition) is 3. The lowest BCUT2D eigenvalue weighted by Gasteiger charge is -2.31. The van der Waals surface area contributed by atoms with Crippen molar-refractivity contribution in [2.75, 3.05) is 18.4 Å². The fourth-order valence-electron chi connectivity index (χ4n) is 3.12. The Labute approximate surface area is 141 Å². The van der Waals surface area contributed by atoms with Crippen LogP contribution in [-0.4, -0.2) is 29.8 Å². The molecule has 24 heavy (non-hydrogen) atoms. The number of hydrogen-bond donors (Lipinski definition) is 1. The summed E-state index contributed by atoms with van der Waals surface area (Å²) in [5.74, 6) is -0.0331. The Bertz CT molecular complexity index is 709. The largest absolute Gasteiger partial charge is 0.459 e. The Balaban J connectivity index is 1.66. The van der Waals surface area contributed by atoms with Crippen LogP contribution < -0.4 is 5.32 Å². The van der Waals surface area contributed by atoms with Gasteiger partial charge in [-0.3, -0.25) is 9.59 Å². The maximum Gasteiger partial charge on any atom is 0.289 e. The standard InChI is InChI=1S/C19H22N2O3/c1-2-14-7-3-4-9-16(14)20-18(22)15-8-5-11-21(13-15)19(23)17-10-6-12-24-17/h3-4,6-7,9-10,12,15H,2,5,8,11,13H2,1H3,(H,20,22). The first-order valence-corrected chi connectivity index (χ1v) is 8.40. The molecule has 0 radical (unpaired) electrons. The van der Waals surface area contributed by atoms with E-state index >= 15 is 0 Å². The molecule has 2 heterocycles. The van der Waals surface area contributed by atoms with E-state index in [1.165, 1.54) is 6.26 Å². The minimum Gasteiger partial charge on any atom is -0.459 e. The number of para-hydroxylation sites is 1. The zero-order valence-electron chi connectivity index (χ0n) is 13.8. The highest BCUT2D eigenvalue weighted by molar-refractivity contribution is 5.95. The summed E-state index contributed by atoms with van der Waals surface area (Å²) in [7, 11) is 0. The lowest BCUT2D eigenvalue weighted by molar-refractivity contribution is -0.121. The van der Waals surface area contributed by atoms with Crippen LogP contribution in [0, 0.1) is 5.92 Å². The molecule has 2 aromatic rings. The van der Waals surface area contributed by atoms with Gasteiger partial charge in [0.25, 0.3) is 5.91 Å². The molecule has 3 rings (SSSR count). The van der Waals surface area contributed by atoms with Crippen LogP contribution in [0.5, 0.6) is 0 Å². The molecule has 2 amide bonds. The third kappa shape index (κ3) is 3.50. The van der Waals surface area contributed by atoms with Gasteiger partial charge in [0.1, 0.15) is 0 Å². The van der Waals surface area contributed by atoms with Gasteiger partial charge >= 0.3 is 0 Å². The van der Waals surface area contributed by atoms with Crippen molar-refractivity contribution in [1.29, 1.82) is 0 Å². The van der Waals surface area contributed by atoms with Crippen LogP contribution in [0.15, 0.2) is 47.1 Å². The van der Waals surface area contributed by atoms with Gasteiger partial charge in [0.2, 0.25) is 5.91 Å². The van der Waals surface area contributed by atoms with E-state index in [4.69, 9.17) is 4.42 Å². The second-order valence-electron chi connectivity index (χ2n) is 6.07. The van der Waals surface area contributed by atoms with Crippen LogP contribution in [0.1, 0.15) is 35.9 Å². The average molecular weight is 326 g/mol. The molecule has 0 spiro atoms. The molecule has 1 atom stereocenters. The fourth-order valence-corrected chi connectivity index (χ4v) is 3.12. The van der Waals surface area contributed by atoms with Crippen LogP contribution in [0.25, 0.3) is 0 Å². The molecule has 0 bridgehead atoms. The Kier molecular flexibility index (Phi) is 4.99. The highest BCUT2D eigenvalue weighted by Crippen LogP contribution is 2.22. The summed E-state index contributed by atoms with van der Waals surface area (Å²) in [4.78, 5) is 26.7. The number of rotatable bonds is 4. The SMILES string of the molecule is CCc1ccccc1NC(=O)C1CCCN(C(=O)c2ccco2)C1. The quantitative estimate of drug-likeness (QED) is 0.937. The van der Waals surface area contributed by atoms with Crippen LogP contribution in [0.3, 0.4) is 0 Å². The van der Waals surface area contributed by atoms with Gasteiger partial charge in [-0.15, -0.1) is 0 Å². The van der Waals surface area contributed by atoms with Crippen molar-refractivity contribution < 1.29 is 14.0 Å². The van der Waals surface area contributed by atoms with Crippen LogP contribution in [-0.2, 0) is 11.2 Å². The van der Waals surface area contributed by atoms with Gasteiger partial charge in [-0.25, -0.2) is 0 Å². The molecule has 0 aliphatic carbocycles. The third-order valence-corrected chi connectivity index (χ3v) is 4.47. The number of carbonyl (C=O) groups is 2. The van der Waals surface area contributed by atoms with E-state index in [0.717, 1.165) is 30.5 Å². The van der Waals surface area contributed by atoms with Crippen molar-refractivity contribution in [3.05, 3.63) is 54.0 Å². The molecule has 1 aliphatic heterocycles. The summed E-state index contributed by atoms with van der Waals surface area (Å²) < 4.78 is 5.18. The Morgan fingerprint density at radius 3 is 2.83 bits per heavy atom. The number of furan rings is 1. The van der Waals surface area contributed by atoms with Gasteiger partial charge in [0.15, 0.2) is 5.76 Å². The van der Waals surface area contributed by atoms with Crippen molar-refractivity contribution in [2.24, 2.45) is 5.92 Å². The van der Waals surface area contributed by atoms with Gasteiger partial charge in [-0.2, -0.15) is 0 Å². The molecule has 1 aromatic carbocycles. The molecule has 1 unspecified atom stereocenters. The normalized spacial score (nSPS) is 17.5. The molecule has 1 saturated heterocycles. The summed E-state index contributed by atoms with van der Waals surface area (Å²) in [5.41, 5.74) is 1.98. The van der Waals surface area contributed by atoms with Crippen LogP contribution >= 0.6 is 0 Å². The summed E-state index contributed by atoms with van der Waals surface area (Å²) in [6.45, 7) is 3.16. The van der Waals surface area contributed by atoms with E-state index in [2.05, 4.69) is 12.2 Å². The van der Waals surface area contributed by atoms with Crippen molar-refractivity contribution in [1.82, 2.24) is 4.90 Å². The van der Waals surface area contributed by atoms with Gasteiger partial charge in [0, 0.05) is 18.8 Å². The fraction of sp³-hybridized carbons (Fsp3) is 0.368. The predicted molar refractivity (Wildman–Crippen MR) is 91.8 cm³/mol. The highest BCUT2D eigenvalue weighted by atomic mass is 16.3. The average Bonchev–Trinajstić information content (AvgIpc) is 3.16. The number of nitrogens with zero attached hydrogens (tertiary/aromatic N) is 1. The molecular weight excluding hydrogens is 304 g/mol. The molecule has 5 heteroatoms. The number of aryl methyl sites for hydroxylation is 1. The monoisotopic (exact) mass is 326 g/mol. The van der Waals surface area contributed by atoms with Crippen LogP contribution in [0.2, 0.25) is 0 Å². The second kappa shape index (κ2) is 7.34. The summed E-state index contributed by atoms with van der Waals surface area (Å²) in [5, 5.41) is 3.03. The first kappa shape index (κ1) is 16.3. The Morgan fingerprint density at radius 2 is 2.08 bits per heavy atom. The number of amides is 2. The lowest BCUT2D eigenvalue weighted by atomic mass is 9.96. The first-order valence-electron chi connectivity index (χ1n) is 8.40. The molecule has 1 aliphatic rings. The maximum atomic E-state index is 12.6. The molecular formula is C19H22N2O3. The van der Waals surface area contributed by atoms with Crippen molar-refractivity contribution in [3.8, 4) is 0 Å². The van der Waals surface area contributed by atoms with E-state index < -0.39 is 0 Å². The molecule has 5 nitrogen and oxygen atoms in total. The molecule has 1 aromatic heterocycles. The molecule has 1 fully saturated rings. The maximum absolute atomic E-state index is 12.6. The zero-order chi connectivity index (χ0) is 16.9. The number of piperidine rings is 1. The molecule has 126 valence electrons. The van der Waals surface area contributed by atoms with E-state index in [1.807, 2.05) is 24.3 Å². The topological polar surface area (TPSA) is 62.6 Å². The zero-order valence-corrected chi connectivity index (χ0v) is 13.8. The van der Waals surface area contributed by atoms with Crippen molar-refractivity contribution >= 4 is 17.5 Å². The van der Waals surface area contributed by atoms with Gasteiger partial charge in [-0.05, 0) is 43.0 Å². The molecule has 0 saturated carbocycles. The summed E-state index contributed by atoms with van der Waals surface area (Å²) in [6, 6.07) is 11.2. The van der Waals surface area contributed by atoms with Gasteiger partial charge in [-0.1, -0.05) is 25.1 Å². The van der Waals surface area contributed by atoms with Gasteiger partial charge < -0.3 is 14.6 Å². The van der Waals surface area contributed by atoms with E-state index in [1.54, 1.807) is 17.0 Å². The van der Waals surface area contributed by atoms with Crippen molar-refractivity contribution in [3.63, 3.8) is 0 Å². The highest BCUT2D eigenvalue weighted by Gasteiger charge is 2.30. The third-order valence-electron chi connectivity index (χ3n) is 4.47. The number of anilines is 1. The minimum atomic E-state index is -0.192. The smallest absolute Gasteiger partial charge is 0.289 e. The summed E-state index contributed by atoms with van der Waals surface area (Å²) in [6.07, 6.45) is 3.97. The Hall–Kier alpha value is -2.56. The number of benzene rings is 1. The summed E-state index contributed by atoms with van der Waals surface area (Å²) >= 11 is 0. The number of carbonyl (C=O) groups excluding carboxylic acids is 2. The predicted octanol–water partition coefficient (Wildman–Crippen LogP) is 3.33. The molecule has 1 N–H and O–H groups in total. The Morgan fingerprint density at radius 1 is 1.25 bits per heavy atom. The lowest BCUT2D eigenvalue weighted by Crippen LogP contribution is -2.43. The first-order chi connectivity index (χ1) is 11.7. The minimum absolute atomic E-state index is 0.0205. The van der Waals surface area contributed by atoms with E-state index in [9.17, 15) is 9.59 Å². The van der Waals surface area contributed by atoms with E-state index in [-0.39, 0.29) is 17.7 Å². The van der Waals surface area contributed by atoms with Gasteiger partial charge in [0.05, 0.1) is 12.2 Å². The van der Waals surface area contributed by atoms with Crippen LogP contribution in [0.4, 0.5) is 5.69 Å². The van der Waals surface area contributed by atoms with E-state index in [0.29, 0.717) is 18.8 Å².